The summed E-state index contributed by atoms with van der Waals surface area (Å²) in [5, 5.41) is 30.0. The zero-order chi connectivity index (χ0) is 17.6. The van der Waals surface area contributed by atoms with Gasteiger partial charge in [0.1, 0.15) is 11.5 Å². The number of hydrogen-bond acceptors (Lipinski definition) is 7. The Morgan fingerprint density at radius 3 is 1.43 bits per heavy atom. The van der Waals surface area contributed by atoms with Crippen molar-refractivity contribution in [2.45, 2.75) is 0 Å². The first-order valence-corrected chi connectivity index (χ1v) is 6.02. The Labute approximate surface area is 129 Å². The van der Waals surface area contributed by atoms with Gasteiger partial charge in [-0.05, 0) is 36.4 Å². The predicted octanol–water partition coefficient (Wildman–Crippen LogP) is 2.06. The average Bonchev–Trinajstić information content (AvgIpc) is 2.52. The van der Waals surface area contributed by atoms with Gasteiger partial charge in [-0.2, -0.15) is 0 Å². The van der Waals surface area contributed by atoms with Gasteiger partial charge >= 0.3 is 11.9 Å². The van der Waals surface area contributed by atoms with Gasteiger partial charge in [0, 0.05) is 11.4 Å². The monoisotopic (exact) mass is 322 g/mol. The van der Waals surface area contributed by atoms with E-state index in [9.17, 15) is 9.59 Å². The molecule has 0 aliphatic carbocycles. The lowest BCUT2D eigenvalue weighted by Gasteiger charge is -2.09. The summed E-state index contributed by atoms with van der Waals surface area (Å²) in [6.07, 6.45) is 0. The summed E-state index contributed by atoms with van der Waals surface area (Å²) < 4.78 is 5.43. The van der Waals surface area contributed by atoms with Crippen molar-refractivity contribution in [3.8, 4) is 11.5 Å². The van der Waals surface area contributed by atoms with E-state index in [1.54, 1.807) is 0 Å². The zero-order valence-electron chi connectivity index (χ0n) is 11.6. The molecule has 0 radical (unpaired) electrons. The minimum absolute atomic E-state index is 0.0959. The lowest BCUT2D eigenvalue weighted by atomic mass is 10.1. The van der Waals surface area contributed by atoms with Crippen molar-refractivity contribution in [1.29, 1.82) is 0 Å². The quantitative estimate of drug-likeness (QED) is 0.279. The normalized spacial score (nSPS) is 9.48. The van der Waals surface area contributed by atoms with Gasteiger partial charge in [-0.15, -0.1) is 0 Å². The molecule has 0 heterocycles. The Balaban J connectivity index is 0.00000127. The molecule has 122 valence electrons. The van der Waals surface area contributed by atoms with Crippen LogP contribution < -0.4 is 16.2 Å². The first-order valence-electron chi connectivity index (χ1n) is 6.02. The lowest BCUT2D eigenvalue weighted by molar-refractivity contribution is -0.176. The zero-order valence-corrected chi connectivity index (χ0v) is 11.6. The number of carboxylic acids is 2. The Morgan fingerprint density at radius 1 is 0.783 bits per heavy atom. The van der Waals surface area contributed by atoms with Crippen LogP contribution in [-0.4, -0.2) is 32.7 Å². The van der Waals surface area contributed by atoms with Crippen LogP contribution in [0.2, 0.25) is 0 Å². The van der Waals surface area contributed by atoms with E-state index in [0.29, 0.717) is 0 Å². The summed E-state index contributed by atoms with van der Waals surface area (Å²) in [7, 11) is 0. The van der Waals surface area contributed by atoms with E-state index < -0.39 is 11.9 Å². The van der Waals surface area contributed by atoms with Crippen LogP contribution in [0.25, 0.3) is 0 Å². The summed E-state index contributed by atoms with van der Waals surface area (Å²) in [4.78, 5) is 22.0. The molecule has 0 spiro atoms. The van der Waals surface area contributed by atoms with E-state index >= 15 is 0 Å². The number of anilines is 2. The van der Waals surface area contributed by atoms with Gasteiger partial charge in [0.2, 0.25) is 0 Å². The number of carboxylic acid groups (broad SMARTS) is 2. The van der Waals surface area contributed by atoms with Crippen molar-refractivity contribution < 1.29 is 35.1 Å². The maximum Gasteiger partial charge on any atom is 0.337 e. The Kier molecular flexibility index (Phi) is 5.89. The van der Waals surface area contributed by atoms with E-state index in [-0.39, 0.29) is 34.0 Å². The highest BCUT2D eigenvalue weighted by atomic mass is 17.0. The first-order chi connectivity index (χ1) is 10.9. The smallest absolute Gasteiger partial charge is 0.337 e. The Morgan fingerprint density at radius 2 is 1.13 bits per heavy atom. The summed E-state index contributed by atoms with van der Waals surface area (Å²) in [5.41, 5.74) is 11.1. The number of aromatic carboxylic acids is 2. The van der Waals surface area contributed by atoms with E-state index in [4.69, 9.17) is 36.9 Å². The van der Waals surface area contributed by atoms with Gasteiger partial charge in [-0.3, -0.25) is 10.5 Å². The highest BCUT2D eigenvalue weighted by Gasteiger charge is 2.12. The molecule has 9 nitrogen and oxygen atoms in total. The molecule has 2 aromatic carbocycles. The van der Waals surface area contributed by atoms with E-state index in [1.807, 2.05) is 0 Å². The molecule has 0 fully saturated rings. The van der Waals surface area contributed by atoms with Gasteiger partial charge in [-0.1, -0.05) is 0 Å². The molecule has 8 N–H and O–H groups in total. The third kappa shape index (κ3) is 4.33. The summed E-state index contributed by atoms with van der Waals surface area (Å²) in [6.45, 7) is 0. The molecule has 0 aliphatic heterocycles. The topological polar surface area (TPSA) is 176 Å². The summed E-state index contributed by atoms with van der Waals surface area (Å²) in [5.74, 6) is -1.91. The largest absolute Gasteiger partial charge is 0.478 e. The first kappa shape index (κ1) is 17.8. The number of rotatable bonds is 4. The molecule has 0 atom stereocenters. The molecule has 0 saturated carbocycles. The number of nitrogens with two attached hydrogens (primary N) is 2. The van der Waals surface area contributed by atoms with Gasteiger partial charge < -0.3 is 26.4 Å². The highest BCUT2D eigenvalue weighted by molar-refractivity contribution is 5.94. The molecule has 0 amide bonds. The van der Waals surface area contributed by atoms with Crippen molar-refractivity contribution in [3.63, 3.8) is 0 Å². The molecular formula is C14H14N2O7. The number of nitrogen functional groups attached to an aromatic ring is 2. The van der Waals surface area contributed by atoms with Crippen molar-refractivity contribution in [3.05, 3.63) is 47.5 Å². The standard InChI is InChI=1S/C14H12N2O5.H2O2/c15-11-3-1-7(5-9(11)13(17)18)21-8-2-4-12(16)10(6-8)14(19)20;1-2/h1-6H,15-16H2,(H,17,18)(H,19,20);1-2H. The molecule has 2 aromatic rings. The fourth-order valence-electron chi connectivity index (χ4n) is 1.70. The van der Waals surface area contributed by atoms with Crippen LogP contribution in [-0.2, 0) is 0 Å². The fraction of sp³-hybridized carbons (Fsp3) is 0. The second-order valence-corrected chi connectivity index (χ2v) is 4.21. The van der Waals surface area contributed by atoms with Crippen molar-refractivity contribution >= 4 is 23.3 Å². The number of hydrogen-bond donors (Lipinski definition) is 6. The third-order valence-corrected chi connectivity index (χ3v) is 2.75. The van der Waals surface area contributed by atoms with Gasteiger partial charge in [-0.25, -0.2) is 9.59 Å². The minimum atomic E-state index is -1.18. The van der Waals surface area contributed by atoms with E-state index in [2.05, 4.69) is 0 Å². The van der Waals surface area contributed by atoms with Crippen molar-refractivity contribution in [2.75, 3.05) is 11.5 Å². The summed E-state index contributed by atoms with van der Waals surface area (Å²) in [6, 6.07) is 8.28. The molecule has 23 heavy (non-hydrogen) atoms. The van der Waals surface area contributed by atoms with Gasteiger partial charge in [0.05, 0.1) is 11.1 Å². The van der Waals surface area contributed by atoms with E-state index in [1.165, 1.54) is 36.4 Å². The molecule has 9 heteroatoms. The highest BCUT2D eigenvalue weighted by Crippen LogP contribution is 2.27. The van der Waals surface area contributed by atoms with Crippen LogP contribution in [0, 0.1) is 0 Å². The number of ether oxygens (including phenoxy) is 1. The number of benzene rings is 2. The second kappa shape index (κ2) is 7.64. The van der Waals surface area contributed by atoms with Crippen molar-refractivity contribution in [1.82, 2.24) is 0 Å². The minimum Gasteiger partial charge on any atom is -0.478 e. The van der Waals surface area contributed by atoms with Crippen LogP contribution in [0.4, 0.5) is 11.4 Å². The van der Waals surface area contributed by atoms with Crippen molar-refractivity contribution in [2.24, 2.45) is 0 Å². The molecule has 0 aliphatic rings. The molecule has 0 bridgehead atoms. The lowest BCUT2D eigenvalue weighted by Crippen LogP contribution is -2.03. The molecule has 0 aromatic heterocycles. The van der Waals surface area contributed by atoms with Gasteiger partial charge in [0.15, 0.2) is 0 Å². The fourth-order valence-corrected chi connectivity index (χ4v) is 1.70. The SMILES string of the molecule is Nc1ccc(Oc2ccc(N)c(C(=O)O)c2)cc1C(=O)O.OO. The molecule has 0 unspecified atom stereocenters. The Bertz CT molecular complexity index is 670. The molecular weight excluding hydrogens is 308 g/mol. The average molecular weight is 322 g/mol. The van der Waals surface area contributed by atoms with Crippen LogP contribution >= 0.6 is 0 Å². The molecule has 2 rings (SSSR count). The molecule has 0 saturated heterocycles. The third-order valence-electron chi connectivity index (χ3n) is 2.75. The Hall–Kier alpha value is -3.30. The maximum atomic E-state index is 11.0. The van der Waals surface area contributed by atoms with Crippen LogP contribution in [0.3, 0.4) is 0 Å². The van der Waals surface area contributed by atoms with Crippen LogP contribution in [0.15, 0.2) is 36.4 Å². The number of carbonyl (C=O) groups is 2. The predicted molar refractivity (Wildman–Crippen MR) is 81.0 cm³/mol. The summed E-state index contributed by atoms with van der Waals surface area (Å²) >= 11 is 0. The van der Waals surface area contributed by atoms with Crippen LogP contribution in [0.5, 0.6) is 11.5 Å². The van der Waals surface area contributed by atoms with E-state index in [0.717, 1.165) is 0 Å². The maximum absolute atomic E-state index is 11.0. The van der Waals surface area contributed by atoms with Gasteiger partial charge in [0.25, 0.3) is 0 Å². The van der Waals surface area contributed by atoms with Crippen LogP contribution in [0.1, 0.15) is 20.7 Å². The second-order valence-electron chi connectivity index (χ2n) is 4.21.